The molecule has 1 amide bonds. The molecule has 1 aromatic heterocycles. The molecule has 1 atom stereocenters. The molecular formula is C25H20F2N2O3S. The summed E-state index contributed by atoms with van der Waals surface area (Å²) >= 11 is 1.21. The second-order valence-corrected chi connectivity index (χ2v) is 8.85. The smallest absolute Gasteiger partial charge is 0.341 e. The van der Waals surface area contributed by atoms with Crippen molar-refractivity contribution in [2.24, 2.45) is 0 Å². The first kappa shape index (κ1) is 22.6. The van der Waals surface area contributed by atoms with E-state index in [2.05, 4.69) is 11.4 Å². The van der Waals surface area contributed by atoms with Gasteiger partial charge in [0.1, 0.15) is 5.00 Å². The maximum Gasteiger partial charge on any atom is 0.341 e. The van der Waals surface area contributed by atoms with Crippen LogP contribution in [0.1, 0.15) is 50.1 Å². The molecule has 2 aromatic carbocycles. The van der Waals surface area contributed by atoms with E-state index in [9.17, 15) is 23.6 Å². The summed E-state index contributed by atoms with van der Waals surface area (Å²) in [6, 6.07) is 14.8. The minimum Gasteiger partial charge on any atom is -0.462 e. The van der Waals surface area contributed by atoms with Gasteiger partial charge in [0, 0.05) is 16.9 Å². The molecule has 4 rings (SSSR count). The van der Waals surface area contributed by atoms with E-state index in [1.165, 1.54) is 17.4 Å². The molecule has 33 heavy (non-hydrogen) atoms. The van der Waals surface area contributed by atoms with Gasteiger partial charge in [-0.2, -0.15) is 5.26 Å². The molecule has 8 heteroatoms. The van der Waals surface area contributed by atoms with Gasteiger partial charge >= 0.3 is 5.97 Å². The number of esters is 1. The molecule has 0 aliphatic heterocycles. The first-order valence-electron chi connectivity index (χ1n) is 10.4. The van der Waals surface area contributed by atoms with Gasteiger partial charge in [0.05, 0.1) is 23.7 Å². The normalized spacial score (nSPS) is 17.0. The number of fused-ring (bicyclic) bond motifs is 1. The summed E-state index contributed by atoms with van der Waals surface area (Å²) in [6.45, 7) is 1.85. The van der Waals surface area contributed by atoms with Crippen LogP contribution in [-0.4, -0.2) is 18.5 Å². The van der Waals surface area contributed by atoms with Crippen molar-refractivity contribution in [2.45, 2.75) is 31.6 Å². The molecule has 1 aliphatic rings. The van der Waals surface area contributed by atoms with Crippen molar-refractivity contribution in [3.8, 4) is 6.07 Å². The Morgan fingerprint density at radius 1 is 1.18 bits per heavy atom. The Balaban J connectivity index is 1.72. The number of rotatable bonds is 5. The highest BCUT2D eigenvalue weighted by atomic mass is 32.1. The Hall–Kier alpha value is -3.57. The number of hydrogen-bond donors (Lipinski definition) is 1. The van der Waals surface area contributed by atoms with Gasteiger partial charge in [-0.1, -0.05) is 30.3 Å². The Bertz CT molecular complexity index is 1270. The molecule has 5 nitrogen and oxygen atoms in total. The predicted molar refractivity (Wildman–Crippen MR) is 120 cm³/mol. The SMILES string of the molecule is CCOC(=O)c1c(NC(=O)c2ccc(F)c(F)c2)sc2c1CC[C@](C#N)(c1ccccc1)C2. The minimum atomic E-state index is -1.14. The zero-order valence-electron chi connectivity index (χ0n) is 17.8. The lowest BCUT2D eigenvalue weighted by molar-refractivity contribution is 0.0526. The Kier molecular flexibility index (Phi) is 6.25. The van der Waals surface area contributed by atoms with Gasteiger partial charge in [0.15, 0.2) is 11.6 Å². The Morgan fingerprint density at radius 3 is 2.61 bits per heavy atom. The summed E-state index contributed by atoms with van der Waals surface area (Å²) in [5, 5.41) is 13.0. The van der Waals surface area contributed by atoms with Crippen LogP contribution in [0.3, 0.4) is 0 Å². The number of carbonyl (C=O) groups is 2. The fourth-order valence-electron chi connectivity index (χ4n) is 4.10. The van der Waals surface area contributed by atoms with E-state index in [1.807, 2.05) is 30.3 Å². The van der Waals surface area contributed by atoms with E-state index in [0.717, 1.165) is 28.1 Å². The van der Waals surface area contributed by atoms with Crippen LogP contribution in [0.2, 0.25) is 0 Å². The molecule has 0 spiro atoms. The minimum absolute atomic E-state index is 0.0780. The fourth-order valence-corrected chi connectivity index (χ4v) is 5.45. The molecule has 0 saturated heterocycles. The van der Waals surface area contributed by atoms with E-state index in [-0.39, 0.29) is 22.7 Å². The Labute approximate surface area is 193 Å². The highest BCUT2D eigenvalue weighted by Gasteiger charge is 2.40. The molecule has 0 unspecified atom stereocenters. The van der Waals surface area contributed by atoms with Gasteiger partial charge < -0.3 is 10.1 Å². The van der Waals surface area contributed by atoms with Crippen LogP contribution in [0.5, 0.6) is 0 Å². The summed E-state index contributed by atoms with van der Waals surface area (Å²) in [7, 11) is 0. The Morgan fingerprint density at radius 2 is 1.94 bits per heavy atom. The van der Waals surface area contributed by atoms with E-state index >= 15 is 0 Å². The lowest BCUT2D eigenvalue weighted by Crippen LogP contribution is -2.31. The quantitative estimate of drug-likeness (QED) is 0.510. The van der Waals surface area contributed by atoms with Gasteiger partial charge in [0.2, 0.25) is 0 Å². The highest BCUT2D eigenvalue weighted by molar-refractivity contribution is 7.17. The molecular weight excluding hydrogens is 446 g/mol. The van der Waals surface area contributed by atoms with Crippen molar-refractivity contribution in [3.05, 3.63) is 87.3 Å². The first-order chi connectivity index (χ1) is 15.9. The number of anilines is 1. The number of thiophene rings is 1. The number of nitriles is 1. The largest absolute Gasteiger partial charge is 0.462 e. The topological polar surface area (TPSA) is 79.2 Å². The van der Waals surface area contributed by atoms with Crippen LogP contribution in [0.4, 0.5) is 13.8 Å². The monoisotopic (exact) mass is 466 g/mol. The molecule has 0 bridgehead atoms. The lowest BCUT2D eigenvalue weighted by atomic mass is 9.70. The molecule has 1 aliphatic carbocycles. The zero-order valence-corrected chi connectivity index (χ0v) is 18.6. The predicted octanol–water partition coefficient (Wildman–Crippen LogP) is 5.41. The van der Waals surface area contributed by atoms with Crippen molar-refractivity contribution in [3.63, 3.8) is 0 Å². The van der Waals surface area contributed by atoms with Crippen LogP contribution in [0.25, 0.3) is 0 Å². The average molecular weight is 467 g/mol. The van der Waals surface area contributed by atoms with Crippen molar-refractivity contribution in [2.75, 3.05) is 11.9 Å². The van der Waals surface area contributed by atoms with Crippen molar-refractivity contribution in [1.29, 1.82) is 5.26 Å². The number of nitrogens with zero attached hydrogens (tertiary/aromatic N) is 1. The van der Waals surface area contributed by atoms with Gasteiger partial charge in [-0.05, 0) is 49.1 Å². The zero-order chi connectivity index (χ0) is 23.6. The molecule has 1 N–H and O–H groups in total. The average Bonchev–Trinajstić information content (AvgIpc) is 3.18. The summed E-state index contributed by atoms with van der Waals surface area (Å²) in [5.74, 6) is -3.44. The summed E-state index contributed by atoms with van der Waals surface area (Å²) in [6.07, 6.45) is 1.37. The van der Waals surface area contributed by atoms with Crippen LogP contribution in [0.15, 0.2) is 48.5 Å². The number of nitrogens with one attached hydrogen (secondary N) is 1. The lowest BCUT2D eigenvalue weighted by Gasteiger charge is -2.31. The van der Waals surface area contributed by atoms with Gasteiger partial charge in [-0.25, -0.2) is 13.6 Å². The number of halogens is 2. The van der Waals surface area contributed by atoms with Crippen LogP contribution in [0, 0.1) is 23.0 Å². The van der Waals surface area contributed by atoms with E-state index in [0.29, 0.717) is 19.3 Å². The van der Waals surface area contributed by atoms with Crippen molar-refractivity contribution >= 4 is 28.2 Å². The van der Waals surface area contributed by atoms with Gasteiger partial charge in [-0.3, -0.25) is 4.79 Å². The molecule has 3 aromatic rings. The highest BCUT2D eigenvalue weighted by Crippen LogP contribution is 2.45. The van der Waals surface area contributed by atoms with Crippen LogP contribution in [-0.2, 0) is 23.0 Å². The number of hydrogen-bond acceptors (Lipinski definition) is 5. The maximum absolute atomic E-state index is 13.6. The fraction of sp³-hybridized carbons (Fsp3) is 0.240. The third-order valence-corrected chi connectivity index (χ3v) is 6.93. The van der Waals surface area contributed by atoms with Gasteiger partial charge in [0.25, 0.3) is 5.91 Å². The molecule has 0 saturated carbocycles. The second kappa shape index (κ2) is 9.12. The maximum atomic E-state index is 13.6. The summed E-state index contributed by atoms with van der Waals surface area (Å²) < 4.78 is 32.1. The van der Waals surface area contributed by atoms with E-state index < -0.39 is 28.9 Å². The first-order valence-corrected chi connectivity index (χ1v) is 11.2. The third kappa shape index (κ3) is 4.24. The van der Waals surface area contributed by atoms with E-state index in [1.54, 1.807) is 6.92 Å². The van der Waals surface area contributed by atoms with Crippen molar-refractivity contribution in [1.82, 2.24) is 0 Å². The van der Waals surface area contributed by atoms with Crippen LogP contribution >= 0.6 is 11.3 Å². The van der Waals surface area contributed by atoms with Crippen LogP contribution < -0.4 is 5.32 Å². The summed E-state index contributed by atoms with van der Waals surface area (Å²) in [5.41, 5.74) is 1.09. The molecule has 168 valence electrons. The number of ether oxygens (including phenoxy) is 1. The molecule has 0 radical (unpaired) electrons. The number of amides is 1. The second-order valence-electron chi connectivity index (χ2n) is 7.75. The van der Waals surface area contributed by atoms with Crippen molar-refractivity contribution < 1.29 is 23.1 Å². The standard InChI is InChI=1S/C25H20F2N2O3S/c1-2-32-24(31)21-17-10-11-25(14-28,16-6-4-3-5-7-16)13-20(17)33-23(21)29-22(30)15-8-9-18(26)19(27)12-15/h3-9,12H,2,10-11,13H2,1H3,(H,29,30)/t25-/m0/s1. The molecule has 1 heterocycles. The number of carbonyl (C=O) groups excluding carboxylic acids is 2. The molecule has 0 fully saturated rings. The summed E-state index contributed by atoms with van der Waals surface area (Å²) in [4.78, 5) is 26.3. The third-order valence-electron chi connectivity index (χ3n) is 5.78. The van der Waals surface area contributed by atoms with E-state index in [4.69, 9.17) is 4.74 Å². The number of benzene rings is 2. The van der Waals surface area contributed by atoms with Gasteiger partial charge in [-0.15, -0.1) is 11.3 Å².